The van der Waals surface area contributed by atoms with Gasteiger partial charge in [-0.3, -0.25) is 9.48 Å². The van der Waals surface area contributed by atoms with Crippen LogP contribution in [-0.2, 0) is 11.3 Å². The van der Waals surface area contributed by atoms with E-state index in [2.05, 4.69) is 10.4 Å². The fraction of sp³-hybridized carbons (Fsp3) is 0.643. The van der Waals surface area contributed by atoms with E-state index in [9.17, 15) is 9.59 Å². The number of likely N-dealkylation sites (tertiary alicyclic amines) is 1. The molecule has 0 spiro atoms. The average molecular weight is 328 g/mol. The van der Waals surface area contributed by atoms with Crippen molar-refractivity contribution >= 4 is 23.5 Å². The second kappa shape index (κ2) is 7.49. The molecule has 0 radical (unpaired) electrons. The number of carbonyl (C=O) groups excluding carboxylic acids is 2. The van der Waals surface area contributed by atoms with Gasteiger partial charge in [-0.1, -0.05) is 11.6 Å². The Bertz CT molecular complexity index is 533. The number of rotatable bonds is 6. The Labute approximate surface area is 135 Å². The molecule has 8 heteroatoms. The number of urea groups is 1. The van der Waals surface area contributed by atoms with Crippen molar-refractivity contribution < 1.29 is 9.59 Å². The van der Waals surface area contributed by atoms with Crippen molar-refractivity contribution in [1.82, 2.24) is 24.9 Å². The molecule has 1 aliphatic rings. The Morgan fingerprint density at radius 3 is 2.95 bits per heavy atom. The first-order valence-electron chi connectivity index (χ1n) is 7.36. The fourth-order valence-corrected chi connectivity index (χ4v) is 2.74. The zero-order valence-corrected chi connectivity index (χ0v) is 13.7. The minimum Gasteiger partial charge on any atom is -0.345 e. The molecule has 1 aliphatic heterocycles. The van der Waals surface area contributed by atoms with Crippen molar-refractivity contribution in [3.8, 4) is 0 Å². The van der Waals surface area contributed by atoms with Crippen LogP contribution in [0.25, 0.3) is 0 Å². The number of aromatic nitrogens is 2. The highest BCUT2D eigenvalue weighted by Gasteiger charge is 2.28. The first-order valence-corrected chi connectivity index (χ1v) is 7.74. The van der Waals surface area contributed by atoms with E-state index in [1.54, 1.807) is 41.0 Å². The summed E-state index contributed by atoms with van der Waals surface area (Å²) in [6, 6.07) is -0.111. The van der Waals surface area contributed by atoms with E-state index >= 15 is 0 Å². The molecule has 1 aromatic rings. The smallest absolute Gasteiger partial charge is 0.317 e. The van der Waals surface area contributed by atoms with Crippen LogP contribution >= 0.6 is 11.6 Å². The summed E-state index contributed by atoms with van der Waals surface area (Å²) in [7, 11) is 3.55. The van der Waals surface area contributed by atoms with Crippen molar-refractivity contribution in [3.05, 3.63) is 17.4 Å². The Balaban J connectivity index is 1.63. The second-order valence-corrected chi connectivity index (χ2v) is 6.17. The maximum atomic E-state index is 12.0. The molecule has 22 heavy (non-hydrogen) atoms. The lowest BCUT2D eigenvalue weighted by Gasteiger charge is -2.21. The number of halogens is 1. The zero-order valence-electron chi connectivity index (χ0n) is 13.0. The number of amides is 3. The highest BCUT2D eigenvalue weighted by atomic mass is 35.5. The molecule has 122 valence electrons. The molecule has 1 N–H and O–H groups in total. The van der Waals surface area contributed by atoms with Gasteiger partial charge in [-0.15, -0.1) is 0 Å². The average Bonchev–Trinajstić information content (AvgIpc) is 3.01. The summed E-state index contributed by atoms with van der Waals surface area (Å²) in [6.45, 7) is 2.59. The Hall–Kier alpha value is -1.76. The Morgan fingerprint density at radius 2 is 2.36 bits per heavy atom. The van der Waals surface area contributed by atoms with Gasteiger partial charge < -0.3 is 15.1 Å². The van der Waals surface area contributed by atoms with E-state index in [0.29, 0.717) is 31.1 Å². The highest BCUT2D eigenvalue weighted by Crippen LogP contribution is 2.16. The van der Waals surface area contributed by atoms with Gasteiger partial charge in [0.05, 0.1) is 11.2 Å². The van der Waals surface area contributed by atoms with Crippen molar-refractivity contribution in [2.45, 2.75) is 19.4 Å². The minimum absolute atomic E-state index is 0.111. The molecule has 0 aromatic carbocycles. The summed E-state index contributed by atoms with van der Waals surface area (Å²) in [4.78, 5) is 26.8. The van der Waals surface area contributed by atoms with Crippen LogP contribution in [0.5, 0.6) is 0 Å². The van der Waals surface area contributed by atoms with Crippen LogP contribution in [0, 0.1) is 5.92 Å². The van der Waals surface area contributed by atoms with Crippen LogP contribution in [0.2, 0.25) is 5.02 Å². The molecular weight excluding hydrogens is 306 g/mol. The van der Waals surface area contributed by atoms with E-state index in [1.807, 2.05) is 0 Å². The number of carbonyl (C=O) groups is 2. The van der Waals surface area contributed by atoms with Gasteiger partial charge in [0.15, 0.2) is 0 Å². The molecule has 1 atom stereocenters. The van der Waals surface area contributed by atoms with Gasteiger partial charge >= 0.3 is 6.03 Å². The largest absolute Gasteiger partial charge is 0.345 e. The zero-order chi connectivity index (χ0) is 16.1. The standard InChI is InChI=1S/C14H22ClN5O2/c1-18-8-11(6-13(18)21)9-19(2)14(22)16-4-3-5-20-10-12(15)7-17-20/h7,10-11H,3-6,8-9H2,1-2H3,(H,16,22)/t11-/m0/s1. The Morgan fingerprint density at radius 1 is 1.59 bits per heavy atom. The summed E-state index contributed by atoms with van der Waals surface area (Å²) in [5.74, 6) is 0.371. The van der Waals surface area contributed by atoms with E-state index in [0.717, 1.165) is 13.0 Å². The van der Waals surface area contributed by atoms with Gasteiger partial charge in [-0.2, -0.15) is 5.10 Å². The molecule has 7 nitrogen and oxygen atoms in total. The number of nitrogens with one attached hydrogen (secondary N) is 1. The maximum absolute atomic E-state index is 12.0. The monoisotopic (exact) mass is 327 g/mol. The molecule has 1 saturated heterocycles. The molecule has 2 rings (SSSR count). The molecule has 2 heterocycles. The molecular formula is C14H22ClN5O2. The third-order valence-electron chi connectivity index (χ3n) is 3.74. The van der Waals surface area contributed by atoms with Crippen molar-refractivity contribution in [3.63, 3.8) is 0 Å². The lowest BCUT2D eigenvalue weighted by atomic mass is 10.1. The van der Waals surface area contributed by atoms with Crippen LogP contribution < -0.4 is 5.32 Å². The minimum atomic E-state index is -0.111. The van der Waals surface area contributed by atoms with E-state index in [-0.39, 0.29) is 17.9 Å². The number of nitrogens with zero attached hydrogens (tertiary/aromatic N) is 4. The lowest BCUT2D eigenvalue weighted by Crippen LogP contribution is -2.40. The lowest BCUT2D eigenvalue weighted by molar-refractivity contribution is -0.126. The fourth-order valence-electron chi connectivity index (χ4n) is 2.58. The summed E-state index contributed by atoms with van der Waals surface area (Å²) in [6.07, 6.45) is 4.65. The molecule has 1 aromatic heterocycles. The second-order valence-electron chi connectivity index (χ2n) is 5.73. The van der Waals surface area contributed by atoms with Gasteiger partial charge in [0.25, 0.3) is 0 Å². The van der Waals surface area contributed by atoms with Gasteiger partial charge in [0.1, 0.15) is 0 Å². The topological polar surface area (TPSA) is 70.5 Å². The summed E-state index contributed by atoms with van der Waals surface area (Å²) in [5.41, 5.74) is 0. The number of aryl methyl sites for hydroxylation is 1. The van der Waals surface area contributed by atoms with Crippen LogP contribution in [0.3, 0.4) is 0 Å². The predicted octanol–water partition coefficient (Wildman–Crippen LogP) is 1.05. The summed E-state index contributed by atoms with van der Waals surface area (Å²) >= 11 is 5.78. The van der Waals surface area contributed by atoms with Gasteiger partial charge in [-0.25, -0.2) is 4.79 Å². The first-order chi connectivity index (χ1) is 10.5. The predicted molar refractivity (Wildman–Crippen MR) is 83.6 cm³/mol. The Kier molecular flexibility index (Phi) is 5.65. The summed E-state index contributed by atoms with van der Waals surface area (Å²) < 4.78 is 1.75. The molecule has 0 aliphatic carbocycles. The van der Waals surface area contributed by atoms with Crippen molar-refractivity contribution in [1.29, 1.82) is 0 Å². The number of hydrogen-bond donors (Lipinski definition) is 1. The van der Waals surface area contributed by atoms with Gasteiger partial charge in [0.2, 0.25) is 5.91 Å². The van der Waals surface area contributed by atoms with E-state index < -0.39 is 0 Å². The van der Waals surface area contributed by atoms with Crippen LogP contribution in [0.4, 0.5) is 4.79 Å². The van der Waals surface area contributed by atoms with Crippen molar-refractivity contribution in [2.24, 2.45) is 5.92 Å². The van der Waals surface area contributed by atoms with E-state index in [4.69, 9.17) is 11.6 Å². The molecule has 1 fully saturated rings. The van der Waals surface area contributed by atoms with E-state index in [1.165, 1.54) is 0 Å². The SMILES string of the molecule is CN1C[C@@H](CN(C)C(=O)NCCCn2cc(Cl)cn2)CC1=O. The van der Waals surface area contributed by atoms with Crippen LogP contribution in [-0.4, -0.2) is 65.2 Å². The quantitative estimate of drug-likeness (QED) is 0.794. The van der Waals surface area contributed by atoms with Gasteiger partial charge in [-0.05, 0) is 6.42 Å². The van der Waals surface area contributed by atoms with Gasteiger partial charge in [0, 0.05) is 58.8 Å². The van der Waals surface area contributed by atoms with Crippen LogP contribution in [0.1, 0.15) is 12.8 Å². The maximum Gasteiger partial charge on any atom is 0.317 e. The highest BCUT2D eigenvalue weighted by molar-refractivity contribution is 6.30. The normalized spacial score (nSPS) is 17.9. The third kappa shape index (κ3) is 4.62. The van der Waals surface area contributed by atoms with Crippen LogP contribution in [0.15, 0.2) is 12.4 Å². The molecule has 0 saturated carbocycles. The summed E-state index contributed by atoms with van der Waals surface area (Å²) in [5, 5.41) is 7.56. The number of hydrogen-bond acceptors (Lipinski definition) is 3. The van der Waals surface area contributed by atoms with Crippen molar-refractivity contribution in [2.75, 3.05) is 33.7 Å². The molecule has 0 unspecified atom stereocenters. The first kappa shape index (κ1) is 16.6. The molecule has 3 amide bonds. The third-order valence-corrected chi connectivity index (χ3v) is 3.94. The molecule has 0 bridgehead atoms.